The standard InChI is InChI=1S/C18H28N2O.H2/c1-6-14(4)17-13-16(10-9-15(17)5)18(21)19-11-12-20(7-2)8-3;/h6,9-10,13H,7-8,11-12H2,1-5H3,(H,19,21);1H/b14-6+;. The molecule has 0 aromatic heterocycles. The first-order valence-corrected chi connectivity index (χ1v) is 7.77. The Hall–Kier alpha value is -1.61. The maximum atomic E-state index is 12.2. The van der Waals surface area contributed by atoms with E-state index in [1.807, 2.05) is 25.1 Å². The Bertz CT molecular complexity index is 508. The molecule has 0 aliphatic carbocycles. The fourth-order valence-corrected chi connectivity index (χ4v) is 2.31. The lowest BCUT2D eigenvalue weighted by Gasteiger charge is -2.18. The van der Waals surface area contributed by atoms with Gasteiger partial charge in [-0.05, 0) is 62.7 Å². The van der Waals surface area contributed by atoms with Gasteiger partial charge in [-0.3, -0.25) is 4.79 Å². The molecule has 0 unspecified atom stereocenters. The van der Waals surface area contributed by atoms with Gasteiger partial charge in [0.1, 0.15) is 0 Å². The second-order valence-corrected chi connectivity index (χ2v) is 5.28. The van der Waals surface area contributed by atoms with Crippen LogP contribution in [0.3, 0.4) is 0 Å². The molecule has 118 valence electrons. The minimum Gasteiger partial charge on any atom is -0.351 e. The van der Waals surface area contributed by atoms with Gasteiger partial charge in [0.2, 0.25) is 0 Å². The Morgan fingerprint density at radius 2 is 2.00 bits per heavy atom. The number of carbonyl (C=O) groups excluding carboxylic acids is 1. The van der Waals surface area contributed by atoms with Gasteiger partial charge < -0.3 is 10.2 Å². The van der Waals surface area contributed by atoms with Gasteiger partial charge in [-0.25, -0.2) is 0 Å². The van der Waals surface area contributed by atoms with E-state index in [1.165, 1.54) is 11.1 Å². The maximum Gasteiger partial charge on any atom is 0.251 e. The molecule has 1 aromatic carbocycles. The number of carbonyl (C=O) groups is 1. The molecular formula is C18H30N2O. The fraction of sp³-hybridized carbons (Fsp3) is 0.500. The Balaban J connectivity index is 0.00000441. The van der Waals surface area contributed by atoms with Gasteiger partial charge in [-0.2, -0.15) is 0 Å². The number of hydrogen-bond donors (Lipinski definition) is 1. The first-order chi connectivity index (χ1) is 10.0. The highest BCUT2D eigenvalue weighted by Crippen LogP contribution is 2.19. The van der Waals surface area contributed by atoms with Crippen LogP contribution in [-0.4, -0.2) is 37.0 Å². The van der Waals surface area contributed by atoms with E-state index in [9.17, 15) is 4.79 Å². The number of aryl methyl sites for hydroxylation is 1. The van der Waals surface area contributed by atoms with Gasteiger partial charge in [0.25, 0.3) is 5.91 Å². The van der Waals surface area contributed by atoms with Gasteiger partial charge >= 0.3 is 0 Å². The van der Waals surface area contributed by atoms with Crippen LogP contribution < -0.4 is 5.32 Å². The highest BCUT2D eigenvalue weighted by atomic mass is 16.1. The summed E-state index contributed by atoms with van der Waals surface area (Å²) in [7, 11) is 0. The molecule has 0 radical (unpaired) electrons. The molecule has 0 saturated carbocycles. The summed E-state index contributed by atoms with van der Waals surface area (Å²) in [4.78, 5) is 14.5. The summed E-state index contributed by atoms with van der Waals surface area (Å²) in [5.41, 5.74) is 4.28. The van der Waals surface area contributed by atoms with Gasteiger partial charge in [-0.1, -0.05) is 26.0 Å². The van der Waals surface area contributed by atoms with E-state index in [-0.39, 0.29) is 7.33 Å². The third kappa shape index (κ3) is 5.01. The van der Waals surface area contributed by atoms with Gasteiger partial charge in [0.15, 0.2) is 0 Å². The van der Waals surface area contributed by atoms with Crippen LogP contribution in [0.2, 0.25) is 0 Å². The van der Waals surface area contributed by atoms with Crippen LogP contribution in [0.25, 0.3) is 5.57 Å². The molecule has 0 atom stereocenters. The number of amides is 1. The van der Waals surface area contributed by atoms with Crippen molar-refractivity contribution in [2.45, 2.75) is 34.6 Å². The molecule has 0 bridgehead atoms. The molecule has 1 amide bonds. The zero-order valence-electron chi connectivity index (χ0n) is 14.0. The van der Waals surface area contributed by atoms with Gasteiger partial charge in [-0.15, -0.1) is 0 Å². The van der Waals surface area contributed by atoms with Crippen molar-refractivity contribution in [3.05, 3.63) is 41.0 Å². The monoisotopic (exact) mass is 290 g/mol. The largest absolute Gasteiger partial charge is 0.351 e. The van der Waals surface area contributed by atoms with Crippen LogP contribution in [-0.2, 0) is 0 Å². The maximum absolute atomic E-state index is 12.2. The predicted octanol–water partition coefficient (Wildman–Crippen LogP) is 3.74. The zero-order valence-corrected chi connectivity index (χ0v) is 14.0. The summed E-state index contributed by atoms with van der Waals surface area (Å²) in [6.07, 6.45) is 2.07. The molecule has 1 N–H and O–H groups in total. The lowest BCUT2D eigenvalue weighted by atomic mass is 9.98. The Labute approximate surface area is 130 Å². The zero-order chi connectivity index (χ0) is 15.8. The number of benzene rings is 1. The van der Waals surface area contributed by atoms with E-state index in [1.54, 1.807) is 0 Å². The van der Waals surface area contributed by atoms with Crippen LogP contribution >= 0.6 is 0 Å². The first kappa shape index (κ1) is 17.4. The third-order valence-electron chi connectivity index (χ3n) is 3.97. The molecule has 1 rings (SSSR count). The number of nitrogens with one attached hydrogen (secondary N) is 1. The van der Waals surface area contributed by atoms with Crippen molar-refractivity contribution >= 4 is 11.5 Å². The van der Waals surface area contributed by atoms with Gasteiger partial charge in [0, 0.05) is 20.1 Å². The predicted molar refractivity (Wildman–Crippen MR) is 92.7 cm³/mol. The van der Waals surface area contributed by atoms with Crippen LogP contribution in [0.5, 0.6) is 0 Å². The topological polar surface area (TPSA) is 32.3 Å². The van der Waals surface area contributed by atoms with Crippen LogP contribution in [0.1, 0.15) is 50.6 Å². The highest BCUT2D eigenvalue weighted by Gasteiger charge is 2.09. The van der Waals surface area contributed by atoms with Crippen LogP contribution in [0, 0.1) is 6.92 Å². The molecule has 21 heavy (non-hydrogen) atoms. The fourth-order valence-electron chi connectivity index (χ4n) is 2.31. The van der Waals surface area contributed by atoms with Crippen LogP contribution in [0.15, 0.2) is 24.3 Å². The summed E-state index contributed by atoms with van der Waals surface area (Å²) in [6, 6.07) is 5.90. The van der Waals surface area contributed by atoms with Crippen molar-refractivity contribution < 1.29 is 6.22 Å². The Morgan fingerprint density at radius 3 is 2.57 bits per heavy atom. The SMILES string of the molecule is C/C=C(\C)c1cc(C(=O)NCCN(CC)CC)ccc1C.[HH]. The van der Waals surface area contributed by atoms with E-state index in [4.69, 9.17) is 0 Å². The van der Waals surface area contributed by atoms with E-state index in [0.29, 0.717) is 6.54 Å². The van der Waals surface area contributed by atoms with Crippen molar-refractivity contribution in [2.24, 2.45) is 0 Å². The number of likely N-dealkylation sites (N-methyl/N-ethyl adjacent to an activating group) is 1. The minimum atomic E-state index is 0. The van der Waals surface area contributed by atoms with Gasteiger partial charge in [0.05, 0.1) is 0 Å². The molecule has 0 heterocycles. The summed E-state index contributed by atoms with van der Waals surface area (Å²) in [5.74, 6) is 0.00677. The van der Waals surface area contributed by atoms with Crippen molar-refractivity contribution in [2.75, 3.05) is 26.2 Å². The van der Waals surface area contributed by atoms with Crippen LogP contribution in [0.4, 0.5) is 0 Å². The second-order valence-electron chi connectivity index (χ2n) is 5.28. The average molecular weight is 290 g/mol. The van der Waals surface area contributed by atoms with E-state index < -0.39 is 0 Å². The molecule has 0 fully saturated rings. The van der Waals surface area contributed by atoms with Crippen molar-refractivity contribution in [3.8, 4) is 0 Å². The smallest absolute Gasteiger partial charge is 0.251 e. The number of rotatable bonds is 7. The number of allylic oxidation sites excluding steroid dienone is 2. The van der Waals surface area contributed by atoms with Crippen molar-refractivity contribution in [1.82, 2.24) is 10.2 Å². The van der Waals surface area contributed by atoms with E-state index in [0.717, 1.165) is 30.8 Å². The molecule has 0 aliphatic rings. The molecule has 3 nitrogen and oxygen atoms in total. The first-order valence-electron chi connectivity index (χ1n) is 7.77. The van der Waals surface area contributed by atoms with Crippen molar-refractivity contribution in [3.63, 3.8) is 0 Å². The number of nitrogens with zero attached hydrogens (tertiary/aromatic N) is 1. The summed E-state index contributed by atoms with van der Waals surface area (Å²) in [5, 5.41) is 3.00. The Morgan fingerprint density at radius 1 is 1.33 bits per heavy atom. The Kier molecular flexibility index (Phi) is 7.17. The quantitative estimate of drug-likeness (QED) is 0.829. The molecule has 3 heteroatoms. The molecule has 0 aliphatic heterocycles. The molecule has 0 saturated heterocycles. The van der Waals surface area contributed by atoms with Crippen molar-refractivity contribution in [1.29, 1.82) is 0 Å². The lowest BCUT2D eigenvalue weighted by Crippen LogP contribution is -2.34. The lowest BCUT2D eigenvalue weighted by molar-refractivity contribution is 0.0949. The minimum absolute atomic E-state index is 0. The summed E-state index contributed by atoms with van der Waals surface area (Å²) < 4.78 is 0. The number of hydrogen-bond acceptors (Lipinski definition) is 2. The van der Waals surface area contributed by atoms with E-state index >= 15 is 0 Å². The molecule has 0 spiro atoms. The van der Waals surface area contributed by atoms with E-state index in [2.05, 4.69) is 44.0 Å². The molecule has 1 aromatic rings. The summed E-state index contributed by atoms with van der Waals surface area (Å²) >= 11 is 0. The average Bonchev–Trinajstić information content (AvgIpc) is 2.51. The highest BCUT2D eigenvalue weighted by molar-refractivity contribution is 5.95. The second kappa shape index (κ2) is 8.63. The third-order valence-corrected chi connectivity index (χ3v) is 3.97. The normalized spacial score (nSPS) is 11.8. The summed E-state index contributed by atoms with van der Waals surface area (Å²) in [6.45, 7) is 14.1. The molecular weight excluding hydrogens is 260 g/mol.